The molecule has 0 aliphatic heterocycles. The van der Waals surface area contributed by atoms with Crippen LogP contribution in [0.1, 0.15) is 12.8 Å². The molecule has 1 nitrogen and oxygen atoms in total. The number of hydrogen-bond donors (Lipinski definition) is 0. The summed E-state index contributed by atoms with van der Waals surface area (Å²) in [4.78, 5) is 0. The molecule has 0 amide bonds. The molecule has 2 aromatic rings. The monoisotopic (exact) mass is 319 g/mol. The van der Waals surface area contributed by atoms with E-state index in [1.807, 2.05) is 6.07 Å². The average molecular weight is 321 g/mol. The second-order valence-corrected chi connectivity index (χ2v) is 5.37. The molecular weight excluding hydrogens is 309 g/mol. The summed E-state index contributed by atoms with van der Waals surface area (Å²) >= 11 is 15.6. The highest BCUT2D eigenvalue weighted by atomic mass is 79.9. The summed E-state index contributed by atoms with van der Waals surface area (Å²) in [6.45, 7) is 0.996. The Kier molecular flexibility index (Phi) is 4.17. The molecule has 0 saturated heterocycles. The molecular formula is C12H12BrCl2N. The minimum absolute atomic E-state index is 0.690. The van der Waals surface area contributed by atoms with E-state index in [0.717, 1.165) is 34.2 Å². The van der Waals surface area contributed by atoms with Crippen LogP contribution in [0, 0.1) is 0 Å². The number of rotatable bonds is 4. The van der Waals surface area contributed by atoms with E-state index in [1.165, 1.54) is 6.42 Å². The highest BCUT2D eigenvalue weighted by Gasteiger charge is 2.06. The lowest BCUT2D eigenvalue weighted by molar-refractivity contribution is 0.655. The zero-order valence-electron chi connectivity index (χ0n) is 8.72. The van der Waals surface area contributed by atoms with Crippen LogP contribution in [0.25, 0.3) is 10.9 Å². The van der Waals surface area contributed by atoms with Gasteiger partial charge >= 0.3 is 0 Å². The summed E-state index contributed by atoms with van der Waals surface area (Å²) < 4.78 is 2.19. The van der Waals surface area contributed by atoms with E-state index in [2.05, 4.69) is 32.8 Å². The van der Waals surface area contributed by atoms with E-state index in [-0.39, 0.29) is 0 Å². The molecule has 0 bridgehead atoms. The molecule has 0 aliphatic carbocycles. The number of aromatic nitrogens is 1. The van der Waals surface area contributed by atoms with E-state index in [9.17, 15) is 0 Å². The highest BCUT2D eigenvalue weighted by molar-refractivity contribution is 9.09. The van der Waals surface area contributed by atoms with Gasteiger partial charge in [0, 0.05) is 28.5 Å². The third-order valence-electron chi connectivity index (χ3n) is 2.56. The smallest absolute Gasteiger partial charge is 0.0670 e. The Balaban J connectivity index is 2.33. The van der Waals surface area contributed by atoms with Crippen LogP contribution in [-0.2, 0) is 6.54 Å². The van der Waals surface area contributed by atoms with Crippen LogP contribution in [0.15, 0.2) is 24.4 Å². The van der Waals surface area contributed by atoms with Crippen LogP contribution < -0.4 is 0 Å². The number of unbranched alkanes of at least 4 members (excludes halogenated alkanes) is 1. The number of aryl methyl sites for hydroxylation is 1. The van der Waals surface area contributed by atoms with Crippen LogP contribution in [0.3, 0.4) is 0 Å². The fourth-order valence-corrected chi connectivity index (χ4v) is 2.84. The van der Waals surface area contributed by atoms with Crippen LogP contribution in [0.2, 0.25) is 10.0 Å². The first-order valence-corrected chi connectivity index (χ1v) is 7.10. The van der Waals surface area contributed by atoms with E-state index in [4.69, 9.17) is 23.2 Å². The maximum absolute atomic E-state index is 6.21. The molecule has 16 heavy (non-hydrogen) atoms. The number of fused-ring (bicyclic) bond motifs is 1. The van der Waals surface area contributed by atoms with Gasteiger partial charge in [-0.25, -0.2) is 0 Å². The molecule has 0 unspecified atom stereocenters. The Morgan fingerprint density at radius 3 is 2.75 bits per heavy atom. The number of benzene rings is 1. The van der Waals surface area contributed by atoms with Crippen molar-refractivity contribution in [2.24, 2.45) is 0 Å². The first-order chi connectivity index (χ1) is 7.72. The number of alkyl halides is 1. The first kappa shape index (κ1) is 12.3. The molecule has 0 spiro atoms. The quantitative estimate of drug-likeness (QED) is 0.544. The van der Waals surface area contributed by atoms with Gasteiger partial charge in [-0.15, -0.1) is 0 Å². The normalized spacial score (nSPS) is 11.2. The van der Waals surface area contributed by atoms with Crippen molar-refractivity contribution in [1.82, 2.24) is 4.57 Å². The molecule has 4 heteroatoms. The van der Waals surface area contributed by atoms with Gasteiger partial charge in [0.05, 0.1) is 10.5 Å². The standard InChI is InChI=1S/C12H12BrCl2N/c13-4-1-2-5-16-6-3-9-7-10(14)8-11(15)12(9)16/h3,6-8H,1-2,4-5H2. The summed E-state index contributed by atoms with van der Waals surface area (Å²) in [5.74, 6) is 0. The van der Waals surface area contributed by atoms with Crippen LogP contribution in [-0.4, -0.2) is 9.90 Å². The maximum atomic E-state index is 6.21. The molecule has 0 atom stereocenters. The average Bonchev–Trinajstić information content (AvgIpc) is 2.62. The Morgan fingerprint density at radius 2 is 2.00 bits per heavy atom. The SMILES string of the molecule is Clc1cc(Cl)c2c(ccn2CCCCBr)c1. The Morgan fingerprint density at radius 1 is 1.19 bits per heavy atom. The third kappa shape index (κ3) is 2.55. The summed E-state index contributed by atoms with van der Waals surface area (Å²) in [5.41, 5.74) is 1.08. The van der Waals surface area contributed by atoms with Gasteiger partial charge in [0.25, 0.3) is 0 Å². The van der Waals surface area contributed by atoms with Crippen LogP contribution in [0.4, 0.5) is 0 Å². The van der Waals surface area contributed by atoms with Crippen molar-refractivity contribution < 1.29 is 0 Å². The second kappa shape index (κ2) is 5.44. The topological polar surface area (TPSA) is 4.93 Å². The van der Waals surface area contributed by atoms with Crippen molar-refractivity contribution in [3.63, 3.8) is 0 Å². The lowest BCUT2D eigenvalue weighted by Crippen LogP contribution is -1.96. The van der Waals surface area contributed by atoms with E-state index < -0.39 is 0 Å². The van der Waals surface area contributed by atoms with Crippen molar-refractivity contribution in [2.45, 2.75) is 19.4 Å². The minimum atomic E-state index is 0.690. The van der Waals surface area contributed by atoms with Gasteiger partial charge in [0.15, 0.2) is 0 Å². The molecule has 1 aromatic carbocycles. The van der Waals surface area contributed by atoms with E-state index in [0.29, 0.717) is 5.02 Å². The zero-order valence-corrected chi connectivity index (χ0v) is 11.8. The van der Waals surface area contributed by atoms with Crippen molar-refractivity contribution in [3.05, 3.63) is 34.4 Å². The summed E-state index contributed by atoms with van der Waals surface area (Å²) in [5, 5.41) is 3.57. The number of halogens is 3. The molecule has 0 N–H and O–H groups in total. The van der Waals surface area contributed by atoms with Gasteiger partial charge in [-0.3, -0.25) is 0 Å². The largest absolute Gasteiger partial charge is 0.346 e. The van der Waals surface area contributed by atoms with Gasteiger partial charge in [-0.2, -0.15) is 0 Å². The van der Waals surface area contributed by atoms with Gasteiger partial charge in [0.2, 0.25) is 0 Å². The summed E-state index contributed by atoms with van der Waals surface area (Å²) in [7, 11) is 0. The fraction of sp³-hybridized carbons (Fsp3) is 0.333. The third-order valence-corrected chi connectivity index (χ3v) is 3.63. The van der Waals surface area contributed by atoms with Crippen molar-refractivity contribution >= 4 is 50.0 Å². The molecule has 0 aliphatic rings. The minimum Gasteiger partial charge on any atom is -0.346 e. The number of nitrogens with zero attached hydrogens (tertiary/aromatic N) is 1. The second-order valence-electron chi connectivity index (χ2n) is 3.73. The lowest BCUT2D eigenvalue weighted by Gasteiger charge is -2.06. The molecule has 0 radical (unpaired) electrons. The predicted octanol–water partition coefficient (Wildman–Crippen LogP) is 5.12. The highest BCUT2D eigenvalue weighted by Crippen LogP contribution is 2.29. The van der Waals surface area contributed by atoms with Crippen LogP contribution in [0.5, 0.6) is 0 Å². The Labute approximate surface area is 113 Å². The van der Waals surface area contributed by atoms with Gasteiger partial charge in [0.1, 0.15) is 0 Å². The van der Waals surface area contributed by atoms with Gasteiger partial charge < -0.3 is 4.57 Å². The molecule has 0 fully saturated rings. The van der Waals surface area contributed by atoms with Crippen molar-refractivity contribution in [3.8, 4) is 0 Å². The molecule has 1 heterocycles. The lowest BCUT2D eigenvalue weighted by atomic mass is 10.2. The van der Waals surface area contributed by atoms with E-state index in [1.54, 1.807) is 6.07 Å². The van der Waals surface area contributed by atoms with Gasteiger partial charge in [-0.1, -0.05) is 39.1 Å². The Bertz CT molecular complexity index is 493. The molecule has 0 saturated carbocycles. The van der Waals surface area contributed by atoms with E-state index >= 15 is 0 Å². The molecule has 1 aromatic heterocycles. The zero-order chi connectivity index (χ0) is 11.5. The number of hydrogen-bond acceptors (Lipinski definition) is 0. The van der Waals surface area contributed by atoms with Gasteiger partial charge in [-0.05, 0) is 31.0 Å². The first-order valence-electron chi connectivity index (χ1n) is 5.22. The maximum Gasteiger partial charge on any atom is 0.0670 e. The summed E-state index contributed by atoms with van der Waals surface area (Å²) in [6, 6.07) is 5.80. The van der Waals surface area contributed by atoms with Crippen molar-refractivity contribution in [1.29, 1.82) is 0 Å². The molecule has 2 rings (SSSR count). The molecule has 86 valence electrons. The summed E-state index contributed by atoms with van der Waals surface area (Å²) in [6.07, 6.45) is 4.39. The van der Waals surface area contributed by atoms with Crippen molar-refractivity contribution in [2.75, 3.05) is 5.33 Å². The Hall–Kier alpha value is -0.180. The fourth-order valence-electron chi connectivity index (χ4n) is 1.82. The van der Waals surface area contributed by atoms with Crippen LogP contribution >= 0.6 is 39.1 Å². The predicted molar refractivity (Wildman–Crippen MR) is 75.0 cm³/mol.